The van der Waals surface area contributed by atoms with E-state index >= 15 is 0 Å². The molecule has 0 atom stereocenters. The first-order chi connectivity index (χ1) is 11.3. The molecule has 0 aliphatic carbocycles. The SMILES string of the molecule is CNc1c(N)ccc2cc3ccc4cccc5ccc(c12)c3c45. The van der Waals surface area contributed by atoms with Gasteiger partial charge in [-0.1, -0.05) is 48.5 Å². The summed E-state index contributed by atoms with van der Waals surface area (Å²) >= 11 is 0. The molecule has 0 aromatic heterocycles. The highest BCUT2D eigenvalue weighted by Gasteiger charge is 2.13. The maximum absolute atomic E-state index is 6.21. The Hall–Kier alpha value is -3.00. The van der Waals surface area contributed by atoms with Crippen LogP contribution in [0.5, 0.6) is 0 Å². The van der Waals surface area contributed by atoms with Gasteiger partial charge in [-0.15, -0.1) is 0 Å². The van der Waals surface area contributed by atoms with Gasteiger partial charge in [-0.05, 0) is 49.8 Å². The molecular formula is C21H16N2. The summed E-state index contributed by atoms with van der Waals surface area (Å²) in [5.74, 6) is 0. The van der Waals surface area contributed by atoms with E-state index in [9.17, 15) is 0 Å². The fourth-order valence-corrected chi connectivity index (χ4v) is 3.92. The third-order valence-corrected chi connectivity index (χ3v) is 4.91. The molecule has 2 nitrogen and oxygen atoms in total. The molecule has 110 valence electrons. The Morgan fingerprint density at radius 2 is 1.35 bits per heavy atom. The van der Waals surface area contributed by atoms with Gasteiger partial charge in [0.2, 0.25) is 0 Å². The van der Waals surface area contributed by atoms with Crippen LogP contribution in [-0.2, 0) is 0 Å². The first-order valence-electron chi connectivity index (χ1n) is 7.84. The Kier molecular flexibility index (Phi) is 2.32. The topological polar surface area (TPSA) is 38.0 Å². The molecule has 0 unspecified atom stereocenters. The maximum atomic E-state index is 6.21. The third-order valence-electron chi connectivity index (χ3n) is 4.91. The highest BCUT2D eigenvalue weighted by molar-refractivity contribution is 6.31. The number of anilines is 2. The minimum absolute atomic E-state index is 0.787. The molecule has 0 aliphatic heterocycles. The Morgan fingerprint density at radius 3 is 2.13 bits per heavy atom. The van der Waals surface area contributed by atoms with E-state index in [2.05, 4.69) is 59.9 Å². The third kappa shape index (κ3) is 1.53. The van der Waals surface area contributed by atoms with Crippen molar-refractivity contribution in [2.45, 2.75) is 0 Å². The van der Waals surface area contributed by atoms with E-state index in [1.807, 2.05) is 13.1 Å². The summed E-state index contributed by atoms with van der Waals surface area (Å²) < 4.78 is 0. The van der Waals surface area contributed by atoms with Crippen LogP contribution in [-0.4, -0.2) is 7.05 Å². The Balaban J connectivity index is 2.17. The van der Waals surface area contributed by atoms with E-state index in [1.54, 1.807) is 0 Å². The zero-order valence-corrected chi connectivity index (χ0v) is 12.9. The summed E-state index contributed by atoms with van der Waals surface area (Å²) in [6, 6.07) is 21.7. The molecule has 0 heterocycles. The Morgan fingerprint density at radius 1 is 0.696 bits per heavy atom. The lowest BCUT2D eigenvalue weighted by Gasteiger charge is -2.16. The molecule has 5 aromatic carbocycles. The van der Waals surface area contributed by atoms with Crippen molar-refractivity contribution < 1.29 is 0 Å². The zero-order valence-electron chi connectivity index (χ0n) is 12.9. The normalized spacial score (nSPS) is 11.9. The highest BCUT2D eigenvalue weighted by atomic mass is 14.9. The van der Waals surface area contributed by atoms with Gasteiger partial charge < -0.3 is 11.1 Å². The molecule has 23 heavy (non-hydrogen) atoms. The minimum Gasteiger partial charge on any atom is -0.397 e. The van der Waals surface area contributed by atoms with Crippen LogP contribution in [0.1, 0.15) is 0 Å². The van der Waals surface area contributed by atoms with Crippen LogP contribution in [0.15, 0.2) is 60.7 Å². The smallest absolute Gasteiger partial charge is 0.0657 e. The van der Waals surface area contributed by atoms with Crippen molar-refractivity contribution in [3.63, 3.8) is 0 Å². The van der Waals surface area contributed by atoms with E-state index in [0.717, 1.165) is 11.4 Å². The number of hydrogen-bond donors (Lipinski definition) is 2. The molecule has 3 N–H and O–H groups in total. The molecule has 0 amide bonds. The van der Waals surface area contributed by atoms with Gasteiger partial charge in [0.1, 0.15) is 0 Å². The van der Waals surface area contributed by atoms with Crippen LogP contribution in [0.25, 0.3) is 43.1 Å². The van der Waals surface area contributed by atoms with E-state index < -0.39 is 0 Å². The van der Waals surface area contributed by atoms with Crippen LogP contribution >= 0.6 is 0 Å². The summed E-state index contributed by atoms with van der Waals surface area (Å²) in [5.41, 5.74) is 8.01. The van der Waals surface area contributed by atoms with Crippen molar-refractivity contribution >= 4 is 54.5 Å². The largest absolute Gasteiger partial charge is 0.397 e. The number of nitrogens with one attached hydrogen (secondary N) is 1. The van der Waals surface area contributed by atoms with Crippen molar-refractivity contribution in [2.24, 2.45) is 0 Å². The summed E-state index contributed by atoms with van der Waals surface area (Å²) in [6.07, 6.45) is 0. The lowest BCUT2D eigenvalue weighted by atomic mass is 9.90. The summed E-state index contributed by atoms with van der Waals surface area (Å²) in [7, 11) is 1.93. The van der Waals surface area contributed by atoms with E-state index in [0.29, 0.717) is 0 Å². The van der Waals surface area contributed by atoms with Crippen molar-refractivity contribution in [3.8, 4) is 0 Å². The van der Waals surface area contributed by atoms with E-state index in [4.69, 9.17) is 5.73 Å². The van der Waals surface area contributed by atoms with Crippen LogP contribution in [0.2, 0.25) is 0 Å². The molecule has 5 aromatic rings. The van der Waals surface area contributed by atoms with E-state index in [-0.39, 0.29) is 0 Å². The second kappa shape index (κ2) is 4.26. The fraction of sp³-hybridized carbons (Fsp3) is 0.0476. The van der Waals surface area contributed by atoms with Gasteiger partial charge in [0.25, 0.3) is 0 Å². The molecule has 0 bridgehead atoms. The standard InChI is InChI=1S/C21H16N2/c1-23-21-17(22)10-8-15-11-14-6-5-12-3-2-4-13-7-9-16(20(15)21)19(14)18(12)13/h2-11,23H,22H2,1H3. The maximum Gasteiger partial charge on any atom is 0.0657 e. The average molecular weight is 296 g/mol. The molecular weight excluding hydrogens is 280 g/mol. The van der Waals surface area contributed by atoms with Crippen LogP contribution in [0.3, 0.4) is 0 Å². The second-order valence-corrected chi connectivity index (χ2v) is 6.11. The van der Waals surface area contributed by atoms with Gasteiger partial charge in [-0.3, -0.25) is 0 Å². The predicted octanol–water partition coefficient (Wildman–Crippen LogP) is 5.36. The number of nitrogen functional groups attached to an aromatic ring is 1. The fourth-order valence-electron chi connectivity index (χ4n) is 3.92. The molecule has 0 fully saturated rings. The molecule has 5 rings (SSSR count). The van der Waals surface area contributed by atoms with Gasteiger partial charge in [-0.25, -0.2) is 0 Å². The molecule has 0 aliphatic rings. The summed E-state index contributed by atoms with van der Waals surface area (Å²) in [5, 5.41) is 13.5. The highest BCUT2D eigenvalue weighted by Crippen LogP contribution is 2.42. The number of benzene rings is 5. The molecule has 0 saturated heterocycles. The number of hydrogen-bond acceptors (Lipinski definition) is 2. The predicted molar refractivity (Wildman–Crippen MR) is 102 cm³/mol. The second-order valence-electron chi connectivity index (χ2n) is 6.11. The number of rotatable bonds is 1. The monoisotopic (exact) mass is 296 g/mol. The minimum atomic E-state index is 0.787. The quantitative estimate of drug-likeness (QED) is 0.248. The van der Waals surface area contributed by atoms with Crippen LogP contribution in [0, 0.1) is 0 Å². The molecule has 2 heteroatoms. The van der Waals surface area contributed by atoms with Crippen molar-refractivity contribution in [3.05, 3.63) is 60.7 Å². The molecule has 0 radical (unpaired) electrons. The summed E-state index contributed by atoms with van der Waals surface area (Å²) in [4.78, 5) is 0. The Labute approximate surface area is 133 Å². The van der Waals surface area contributed by atoms with Gasteiger partial charge in [0.05, 0.1) is 11.4 Å². The lowest BCUT2D eigenvalue weighted by molar-refractivity contribution is 1.55. The molecule has 0 spiro atoms. The molecule has 0 saturated carbocycles. The van der Waals surface area contributed by atoms with Crippen molar-refractivity contribution in [1.82, 2.24) is 0 Å². The van der Waals surface area contributed by atoms with Crippen molar-refractivity contribution in [1.29, 1.82) is 0 Å². The van der Waals surface area contributed by atoms with Gasteiger partial charge in [-0.2, -0.15) is 0 Å². The average Bonchev–Trinajstić information content (AvgIpc) is 2.59. The Bertz CT molecular complexity index is 1190. The van der Waals surface area contributed by atoms with Crippen LogP contribution in [0.4, 0.5) is 11.4 Å². The lowest BCUT2D eigenvalue weighted by Crippen LogP contribution is -1.97. The first kappa shape index (κ1) is 12.5. The zero-order chi connectivity index (χ0) is 15.6. The van der Waals surface area contributed by atoms with Crippen LogP contribution < -0.4 is 11.1 Å². The van der Waals surface area contributed by atoms with Gasteiger partial charge in [0.15, 0.2) is 0 Å². The number of nitrogens with two attached hydrogens (primary N) is 1. The van der Waals surface area contributed by atoms with E-state index in [1.165, 1.54) is 43.1 Å². The van der Waals surface area contributed by atoms with Gasteiger partial charge >= 0.3 is 0 Å². The summed E-state index contributed by atoms with van der Waals surface area (Å²) in [6.45, 7) is 0. The van der Waals surface area contributed by atoms with Gasteiger partial charge in [0, 0.05) is 12.4 Å². The first-order valence-corrected chi connectivity index (χ1v) is 7.84. The van der Waals surface area contributed by atoms with Crippen molar-refractivity contribution in [2.75, 3.05) is 18.1 Å². The number of fused-ring (bicyclic) bond motifs is 2.